The summed E-state index contributed by atoms with van der Waals surface area (Å²) in [5.41, 5.74) is 1.54. The Labute approximate surface area is 189 Å². The molecule has 1 aromatic heterocycles. The smallest absolute Gasteiger partial charge is 0.251 e. The van der Waals surface area contributed by atoms with Crippen LogP contribution < -0.4 is 10.0 Å². The lowest BCUT2D eigenvalue weighted by atomic mass is 10.0. The number of amides is 1. The van der Waals surface area contributed by atoms with Gasteiger partial charge in [0.15, 0.2) is 0 Å². The van der Waals surface area contributed by atoms with E-state index in [-0.39, 0.29) is 23.4 Å². The molecule has 1 atom stereocenters. The lowest BCUT2D eigenvalue weighted by Crippen LogP contribution is -2.38. The maximum Gasteiger partial charge on any atom is 0.251 e. The molecule has 2 aromatic carbocycles. The van der Waals surface area contributed by atoms with Crippen molar-refractivity contribution >= 4 is 15.9 Å². The summed E-state index contributed by atoms with van der Waals surface area (Å²) in [4.78, 5) is 15.1. The SMILES string of the molecule is CCN(CC)C(CNC(=O)c1ccc(S(=O)(=O)NCc2ccco2)cc1)c1ccccc1. The van der Waals surface area contributed by atoms with Crippen molar-refractivity contribution in [3.63, 3.8) is 0 Å². The Morgan fingerprint density at radius 1 is 0.969 bits per heavy atom. The predicted octanol–water partition coefficient (Wildman–Crippen LogP) is 3.57. The van der Waals surface area contributed by atoms with Gasteiger partial charge in [0.1, 0.15) is 5.76 Å². The molecule has 0 aliphatic rings. The van der Waals surface area contributed by atoms with Gasteiger partial charge in [-0.15, -0.1) is 0 Å². The summed E-state index contributed by atoms with van der Waals surface area (Å²) in [6.07, 6.45) is 1.49. The van der Waals surface area contributed by atoms with Gasteiger partial charge in [0.25, 0.3) is 5.91 Å². The molecule has 32 heavy (non-hydrogen) atoms. The molecule has 1 unspecified atom stereocenters. The third kappa shape index (κ3) is 6.06. The number of hydrogen-bond acceptors (Lipinski definition) is 5. The zero-order valence-corrected chi connectivity index (χ0v) is 19.1. The molecule has 8 heteroatoms. The minimum absolute atomic E-state index is 0.0561. The predicted molar refractivity (Wildman–Crippen MR) is 124 cm³/mol. The highest BCUT2D eigenvalue weighted by atomic mass is 32.2. The maximum absolute atomic E-state index is 12.7. The van der Waals surface area contributed by atoms with Gasteiger partial charge < -0.3 is 9.73 Å². The minimum atomic E-state index is -3.71. The van der Waals surface area contributed by atoms with E-state index >= 15 is 0 Å². The van der Waals surface area contributed by atoms with Gasteiger partial charge in [0, 0.05) is 12.1 Å². The van der Waals surface area contributed by atoms with Crippen molar-refractivity contribution < 1.29 is 17.6 Å². The number of hydrogen-bond donors (Lipinski definition) is 2. The first-order valence-corrected chi connectivity index (χ1v) is 12.1. The first-order valence-electron chi connectivity index (χ1n) is 10.6. The molecule has 0 spiro atoms. The molecule has 3 rings (SSSR count). The lowest BCUT2D eigenvalue weighted by molar-refractivity contribution is 0.0935. The van der Waals surface area contributed by atoms with Crippen LogP contribution in [0.4, 0.5) is 0 Å². The minimum Gasteiger partial charge on any atom is -0.468 e. The van der Waals surface area contributed by atoms with E-state index in [2.05, 4.69) is 40.9 Å². The first-order chi connectivity index (χ1) is 15.4. The van der Waals surface area contributed by atoms with Crippen LogP contribution in [0.3, 0.4) is 0 Å². The Morgan fingerprint density at radius 3 is 2.25 bits per heavy atom. The van der Waals surface area contributed by atoms with E-state index in [0.717, 1.165) is 18.7 Å². The fourth-order valence-corrected chi connectivity index (χ4v) is 4.53. The van der Waals surface area contributed by atoms with Crippen LogP contribution in [0.25, 0.3) is 0 Å². The van der Waals surface area contributed by atoms with Gasteiger partial charge in [-0.2, -0.15) is 0 Å². The molecule has 170 valence electrons. The summed E-state index contributed by atoms with van der Waals surface area (Å²) < 4.78 is 32.6. The highest BCUT2D eigenvalue weighted by Crippen LogP contribution is 2.20. The molecule has 0 saturated carbocycles. The number of likely N-dealkylation sites (N-methyl/N-ethyl adjacent to an activating group) is 1. The molecule has 0 bridgehead atoms. The van der Waals surface area contributed by atoms with Crippen LogP contribution in [0.15, 0.2) is 82.3 Å². The van der Waals surface area contributed by atoms with Crippen molar-refractivity contribution in [1.82, 2.24) is 14.9 Å². The summed E-state index contributed by atoms with van der Waals surface area (Å²) >= 11 is 0. The van der Waals surface area contributed by atoms with Gasteiger partial charge in [-0.05, 0) is 55.1 Å². The van der Waals surface area contributed by atoms with Gasteiger partial charge in [-0.1, -0.05) is 44.2 Å². The van der Waals surface area contributed by atoms with Crippen LogP contribution in [-0.4, -0.2) is 38.9 Å². The third-order valence-electron chi connectivity index (χ3n) is 5.34. The fourth-order valence-electron chi connectivity index (χ4n) is 3.54. The van der Waals surface area contributed by atoms with E-state index in [9.17, 15) is 13.2 Å². The second-order valence-electron chi connectivity index (χ2n) is 7.29. The van der Waals surface area contributed by atoms with E-state index < -0.39 is 10.0 Å². The van der Waals surface area contributed by atoms with Crippen molar-refractivity contribution in [1.29, 1.82) is 0 Å². The standard InChI is InChI=1S/C24H29N3O4S/c1-3-27(4-2)23(19-9-6-5-7-10-19)18-25-24(28)20-12-14-22(15-13-20)32(29,30)26-17-21-11-8-16-31-21/h5-16,23,26H,3-4,17-18H2,1-2H3,(H,25,28). The van der Waals surface area contributed by atoms with Gasteiger partial charge in [-0.25, -0.2) is 13.1 Å². The quantitative estimate of drug-likeness (QED) is 0.461. The summed E-state index contributed by atoms with van der Waals surface area (Å²) in [6.45, 7) is 6.44. The topological polar surface area (TPSA) is 91.7 Å². The molecule has 0 fully saturated rings. The van der Waals surface area contributed by atoms with Crippen LogP contribution >= 0.6 is 0 Å². The number of sulfonamides is 1. The molecular formula is C24H29N3O4S. The number of nitrogens with zero attached hydrogens (tertiary/aromatic N) is 1. The summed E-state index contributed by atoms with van der Waals surface area (Å²) in [7, 11) is -3.71. The molecule has 7 nitrogen and oxygen atoms in total. The van der Waals surface area contributed by atoms with Gasteiger partial charge >= 0.3 is 0 Å². The number of nitrogens with one attached hydrogen (secondary N) is 2. The van der Waals surface area contributed by atoms with Crippen molar-refractivity contribution in [3.8, 4) is 0 Å². The summed E-state index contributed by atoms with van der Waals surface area (Å²) in [5.74, 6) is 0.274. The van der Waals surface area contributed by atoms with E-state index in [1.54, 1.807) is 12.1 Å². The molecule has 3 aromatic rings. The average Bonchev–Trinajstić information content (AvgIpc) is 3.35. The summed E-state index contributed by atoms with van der Waals surface area (Å²) in [5, 5.41) is 2.99. The molecule has 0 aliphatic heterocycles. The second-order valence-corrected chi connectivity index (χ2v) is 9.05. The van der Waals surface area contributed by atoms with E-state index in [4.69, 9.17) is 4.42 Å². The van der Waals surface area contributed by atoms with Crippen LogP contribution in [0.1, 0.15) is 41.6 Å². The largest absolute Gasteiger partial charge is 0.468 e. The number of furan rings is 1. The van der Waals surface area contributed by atoms with Crippen molar-refractivity contribution in [2.75, 3.05) is 19.6 Å². The molecule has 1 amide bonds. The Balaban J connectivity index is 1.64. The normalized spacial score (nSPS) is 12.6. The molecule has 0 saturated heterocycles. The van der Waals surface area contributed by atoms with Crippen LogP contribution in [0.2, 0.25) is 0 Å². The number of carbonyl (C=O) groups excluding carboxylic acids is 1. The van der Waals surface area contributed by atoms with E-state index in [0.29, 0.717) is 17.9 Å². The zero-order valence-electron chi connectivity index (χ0n) is 18.3. The van der Waals surface area contributed by atoms with Crippen molar-refractivity contribution in [2.45, 2.75) is 31.3 Å². The number of rotatable bonds is 11. The molecule has 0 radical (unpaired) electrons. The molecule has 0 aliphatic carbocycles. The van der Waals surface area contributed by atoms with E-state index in [1.165, 1.54) is 30.5 Å². The average molecular weight is 456 g/mol. The Kier molecular flexibility index (Phi) is 8.21. The van der Waals surface area contributed by atoms with Gasteiger partial charge in [0.2, 0.25) is 10.0 Å². The van der Waals surface area contributed by atoms with Crippen molar-refractivity contribution in [2.24, 2.45) is 0 Å². The van der Waals surface area contributed by atoms with Gasteiger partial charge in [-0.3, -0.25) is 9.69 Å². The third-order valence-corrected chi connectivity index (χ3v) is 6.75. The van der Waals surface area contributed by atoms with Gasteiger partial charge in [0.05, 0.1) is 23.7 Å². The fraction of sp³-hybridized carbons (Fsp3) is 0.292. The number of benzene rings is 2. The van der Waals surface area contributed by atoms with Crippen LogP contribution in [0.5, 0.6) is 0 Å². The van der Waals surface area contributed by atoms with Crippen LogP contribution in [0, 0.1) is 0 Å². The maximum atomic E-state index is 12.7. The number of carbonyl (C=O) groups is 1. The highest BCUT2D eigenvalue weighted by molar-refractivity contribution is 7.89. The molecule has 1 heterocycles. The monoisotopic (exact) mass is 455 g/mol. The summed E-state index contributed by atoms with van der Waals surface area (Å²) in [6, 6.07) is 19.4. The molecular weight excluding hydrogens is 426 g/mol. The first kappa shape index (κ1) is 23.7. The highest BCUT2D eigenvalue weighted by Gasteiger charge is 2.20. The molecule has 2 N–H and O–H groups in total. The zero-order chi connectivity index (χ0) is 23.0. The Morgan fingerprint density at radius 2 is 1.66 bits per heavy atom. The Hall–Kier alpha value is -2.94. The lowest BCUT2D eigenvalue weighted by Gasteiger charge is -2.30. The van der Waals surface area contributed by atoms with E-state index in [1.807, 2.05) is 18.2 Å². The second kappa shape index (κ2) is 11.1. The Bertz CT molecular complexity index is 1080. The van der Waals surface area contributed by atoms with Crippen molar-refractivity contribution in [3.05, 3.63) is 89.9 Å². The van der Waals surface area contributed by atoms with Crippen LogP contribution in [-0.2, 0) is 16.6 Å².